The number of anilines is 1. The van der Waals surface area contributed by atoms with Gasteiger partial charge in [-0.05, 0) is 29.8 Å². The zero-order valence-corrected chi connectivity index (χ0v) is 15.9. The molecule has 0 atom stereocenters. The molecule has 0 amide bonds. The normalized spacial score (nSPS) is 16.2. The monoisotopic (exact) mass is 377 g/mol. The van der Waals surface area contributed by atoms with Gasteiger partial charge in [0, 0.05) is 46.8 Å². The van der Waals surface area contributed by atoms with Gasteiger partial charge >= 0.3 is 0 Å². The fourth-order valence-corrected chi connectivity index (χ4v) is 4.10. The molecule has 2 aromatic rings. The van der Waals surface area contributed by atoms with Gasteiger partial charge in [-0.3, -0.25) is 4.90 Å². The van der Waals surface area contributed by atoms with Crippen molar-refractivity contribution >= 4 is 15.7 Å². The highest BCUT2D eigenvalue weighted by atomic mass is 32.2. The first-order chi connectivity index (χ1) is 12.4. The average molecular weight is 377 g/mol. The van der Waals surface area contributed by atoms with Crippen molar-refractivity contribution in [3.8, 4) is 0 Å². The molecule has 26 heavy (non-hydrogen) atoms. The number of nitrogens with zero attached hydrogens (tertiary/aromatic N) is 3. The van der Waals surface area contributed by atoms with Crippen LogP contribution < -0.4 is 4.90 Å². The highest BCUT2D eigenvalue weighted by Crippen LogP contribution is 2.21. The van der Waals surface area contributed by atoms with Crippen LogP contribution in [0.2, 0.25) is 0 Å². The summed E-state index contributed by atoms with van der Waals surface area (Å²) in [4.78, 5) is 4.63. The highest BCUT2D eigenvalue weighted by Gasteiger charge is 2.21. The Bertz CT molecular complexity index is 863. The molecule has 0 aliphatic carbocycles. The number of sulfonamides is 1. The second-order valence-electron chi connectivity index (χ2n) is 6.65. The molecule has 1 heterocycles. The largest absolute Gasteiger partial charge is 0.367 e. The Morgan fingerprint density at radius 1 is 1.00 bits per heavy atom. The van der Waals surface area contributed by atoms with Gasteiger partial charge < -0.3 is 4.90 Å². The van der Waals surface area contributed by atoms with Crippen molar-refractivity contribution in [1.82, 2.24) is 9.21 Å². The third-order valence-electron chi connectivity index (χ3n) is 4.65. The molecule has 0 aromatic heterocycles. The number of para-hydroxylation sites is 1. The van der Waals surface area contributed by atoms with Crippen LogP contribution in [0, 0.1) is 5.82 Å². The lowest BCUT2D eigenvalue weighted by molar-refractivity contribution is 0.249. The summed E-state index contributed by atoms with van der Waals surface area (Å²) in [6, 6.07) is 13.9. The Kier molecular flexibility index (Phi) is 5.60. The van der Waals surface area contributed by atoms with E-state index >= 15 is 0 Å². The summed E-state index contributed by atoms with van der Waals surface area (Å²) < 4.78 is 39.7. The van der Waals surface area contributed by atoms with Crippen molar-refractivity contribution in [2.24, 2.45) is 0 Å². The van der Waals surface area contributed by atoms with Crippen molar-refractivity contribution in [1.29, 1.82) is 0 Å². The number of hydrogen-bond donors (Lipinski definition) is 0. The first kappa shape index (κ1) is 18.8. The Balaban J connectivity index is 1.64. The summed E-state index contributed by atoms with van der Waals surface area (Å²) in [7, 11) is -0.361. The van der Waals surface area contributed by atoms with Gasteiger partial charge in [0.2, 0.25) is 10.0 Å². The minimum atomic E-state index is -3.42. The summed E-state index contributed by atoms with van der Waals surface area (Å²) in [5, 5.41) is 0. The number of benzene rings is 2. The SMILES string of the molecule is CN(C)S(=O)(=O)c1cccc(CN2CCN(c3ccccc3F)CC2)c1. The molecule has 0 saturated carbocycles. The van der Waals surface area contributed by atoms with E-state index in [9.17, 15) is 12.8 Å². The fourth-order valence-electron chi connectivity index (χ4n) is 3.13. The predicted molar refractivity (Wildman–Crippen MR) is 101 cm³/mol. The van der Waals surface area contributed by atoms with Gasteiger partial charge in [-0.25, -0.2) is 17.1 Å². The summed E-state index contributed by atoms with van der Waals surface area (Å²) in [6.07, 6.45) is 0. The first-order valence-electron chi connectivity index (χ1n) is 8.61. The molecule has 140 valence electrons. The zero-order valence-electron chi connectivity index (χ0n) is 15.1. The van der Waals surface area contributed by atoms with Crippen molar-refractivity contribution in [2.75, 3.05) is 45.2 Å². The standard InChI is InChI=1S/C19H24FN3O2S/c1-21(2)26(24,25)17-7-5-6-16(14-17)15-22-10-12-23(13-11-22)19-9-4-3-8-18(19)20/h3-9,14H,10-13,15H2,1-2H3. The van der Waals surface area contributed by atoms with E-state index in [2.05, 4.69) is 9.80 Å². The van der Waals surface area contributed by atoms with Crippen LogP contribution in [0.5, 0.6) is 0 Å². The molecule has 0 radical (unpaired) electrons. The van der Waals surface area contributed by atoms with E-state index in [0.29, 0.717) is 17.1 Å². The number of halogens is 1. The average Bonchev–Trinajstić information content (AvgIpc) is 2.63. The van der Waals surface area contributed by atoms with Crippen LogP contribution in [-0.2, 0) is 16.6 Å². The molecule has 1 fully saturated rings. The van der Waals surface area contributed by atoms with Crippen molar-refractivity contribution in [3.63, 3.8) is 0 Å². The van der Waals surface area contributed by atoms with E-state index in [0.717, 1.165) is 31.7 Å². The molecule has 0 spiro atoms. The highest BCUT2D eigenvalue weighted by molar-refractivity contribution is 7.89. The second-order valence-corrected chi connectivity index (χ2v) is 8.80. The lowest BCUT2D eigenvalue weighted by Crippen LogP contribution is -2.46. The minimum absolute atomic E-state index is 0.192. The smallest absolute Gasteiger partial charge is 0.242 e. The van der Waals surface area contributed by atoms with Gasteiger partial charge in [0.25, 0.3) is 0 Å². The van der Waals surface area contributed by atoms with Crippen LogP contribution in [-0.4, -0.2) is 57.9 Å². The van der Waals surface area contributed by atoms with E-state index in [1.54, 1.807) is 30.3 Å². The Morgan fingerprint density at radius 3 is 2.35 bits per heavy atom. The molecule has 1 saturated heterocycles. The molecular weight excluding hydrogens is 353 g/mol. The third-order valence-corrected chi connectivity index (χ3v) is 6.46. The summed E-state index contributed by atoms with van der Waals surface area (Å²) in [5.74, 6) is -0.192. The summed E-state index contributed by atoms with van der Waals surface area (Å²) >= 11 is 0. The number of hydrogen-bond acceptors (Lipinski definition) is 4. The van der Waals surface area contributed by atoms with Crippen LogP contribution in [0.25, 0.3) is 0 Å². The van der Waals surface area contributed by atoms with Gasteiger partial charge in [0.1, 0.15) is 5.82 Å². The van der Waals surface area contributed by atoms with Gasteiger partial charge in [0.05, 0.1) is 10.6 Å². The molecule has 0 unspecified atom stereocenters. The number of piperazine rings is 1. The first-order valence-corrected chi connectivity index (χ1v) is 10.1. The summed E-state index contributed by atoms with van der Waals surface area (Å²) in [6.45, 7) is 3.78. The predicted octanol–water partition coefficient (Wildman–Crippen LogP) is 2.40. The molecular formula is C19H24FN3O2S. The Hall–Kier alpha value is -1.96. The lowest BCUT2D eigenvalue weighted by Gasteiger charge is -2.36. The minimum Gasteiger partial charge on any atom is -0.367 e. The summed E-state index contributed by atoms with van der Waals surface area (Å²) in [5.41, 5.74) is 1.61. The molecule has 7 heteroatoms. The fraction of sp³-hybridized carbons (Fsp3) is 0.368. The number of rotatable bonds is 5. The Morgan fingerprint density at radius 2 is 1.69 bits per heavy atom. The maximum absolute atomic E-state index is 13.9. The van der Waals surface area contributed by atoms with E-state index < -0.39 is 10.0 Å². The van der Waals surface area contributed by atoms with Gasteiger partial charge in [0.15, 0.2) is 0 Å². The van der Waals surface area contributed by atoms with Crippen LogP contribution >= 0.6 is 0 Å². The van der Waals surface area contributed by atoms with E-state index in [4.69, 9.17) is 0 Å². The zero-order chi connectivity index (χ0) is 18.7. The van der Waals surface area contributed by atoms with Crippen molar-refractivity contribution < 1.29 is 12.8 Å². The molecule has 1 aliphatic rings. The van der Waals surface area contributed by atoms with Crippen LogP contribution in [0.4, 0.5) is 10.1 Å². The molecule has 0 bridgehead atoms. The molecule has 2 aromatic carbocycles. The molecule has 3 rings (SSSR count). The van der Waals surface area contributed by atoms with Crippen LogP contribution in [0.15, 0.2) is 53.4 Å². The van der Waals surface area contributed by atoms with Gasteiger partial charge in [-0.1, -0.05) is 24.3 Å². The van der Waals surface area contributed by atoms with E-state index in [1.165, 1.54) is 24.5 Å². The van der Waals surface area contributed by atoms with E-state index in [1.807, 2.05) is 12.1 Å². The maximum Gasteiger partial charge on any atom is 0.242 e. The second kappa shape index (κ2) is 7.73. The molecule has 0 N–H and O–H groups in total. The third kappa shape index (κ3) is 4.06. The van der Waals surface area contributed by atoms with Crippen molar-refractivity contribution in [2.45, 2.75) is 11.4 Å². The Labute approximate surface area is 154 Å². The lowest BCUT2D eigenvalue weighted by atomic mass is 10.2. The van der Waals surface area contributed by atoms with E-state index in [-0.39, 0.29) is 5.82 Å². The van der Waals surface area contributed by atoms with Gasteiger partial charge in [-0.2, -0.15) is 0 Å². The molecule has 1 aliphatic heterocycles. The van der Waals surface area contributed by atoms with Gasteiger partial charge in [-0.15, -0.1) is 0 Å². The topological polar surface area (TPSA) is 43.9 Å². The van der Waals surface area contributed by atoms with Crippen molar-refractivity contribution in [3.05, 3.63) is 59.9 Å². The van der Waals surface area contributed by atoms with Crippen LogP contribution in [0.3, 0.4) is 0 Å². The quantitative estimate of drug-likeness (QED) is 0.803. The van der Waals surface area contributed by atoms with Crippen LogP contribution in [0.1, 0.15) is 5.56 Å². The molecule has 5 nitrogen and oxygen atoms in total. The maximum atomic E-state index is 13.9.